The van der Waals surface area contributed by atoms with Crippen LogP contribution in [0.1, 0.15) is 94.2 Å². The molecule has 0 nitrogen and oxygen atoms in total. The van der Waals surface area contributed by atoms with Crippen molar-refractivity contribution in [2.45, 2.75) is 116 Å². The molecular weight excluding hydrogens is 561 g/mol. The van der Waals surface area contributed by atoms with Crippen molar-refractivity contribution in [3.05, 3.63) is 83.9 Å². The summed E-state index contributed by atoms with van der Waals surface area (Å²) in [6.07, 6.45) is 0. The van der Waals surface area contributed by atoms with Gasteiger partial charge in [-0.2, -0.15) is 0 Å². The first-order valence-corrected chi connectivity index (χ1v) is 21.4. The molecule has 0 bridgehead atoms. The predicted molar refractivity (Wildman–Crippen MR) is 203 cm³/mol. The smallest absolute Gasteiger partial charge is 0.125 e. The van der Waals surface area contributed by atoms with E-state index in [1.54, 1.807) is 0 Å². The zero-order chi connectivity index (χ0) is 32.4. The minimum Gasteiger partial charge on any atom is -0.125 e. The van der Waals surface area contributed by atoms with Crippen LogP contribution in [0.2, 0.25) is 33.2 Å². The maximum atomic E-state index is 4.09. The largest absolute Gasteiger partial charge is 0.146 e. The molecule has 0 heterocycles. The summed E-state index contributed by atoms with van der Waals surface area (Å²) in [6.45, 7) is 28.8. The summed E-state index contributed by atoms with van der Waals surface area (Å²) in [5.41, 5.74) is 16.4. The molecule has 44 heavy (non-hydrogen) atoms. The van der Waals surface area contributed by atoms with E-state index in [-0.39, 0.29) is 0 Å². The third-order valence-corrected chi connectivity index (χ3v) is 23.3. The lowest BCUT2D eigenvalue weighted by molar-refractivity contribution is 0.838. The molecule has 0 aromatic heterocycles. The Labute approximate surface area is 271 Å². The van der Waals surface area contributed by atoms with E-state index in [1.165, 1.54) is 38.2 Å². The normalized spacial score (nSPS) is 12.5. The van der Waals surface area contributed by atoms with Crippen molar-refractivity contribution >= 4 is 37.7 Å². The molecule has 0 atom stereocenters. The molecule has 4 rings (SSSR count). The lowest BCUT2D eigenvalue weighted by atomic mass is 9.88. The third kappa shape index (κ3) is 5.85. The van der Waals surface area contributed by atoms with Crippen LogP contribution >= 0.6 is 0 Å². The maximum absolute atomic E-state index is 4.09. The van der Waals surface area contributed by atoms with Crippen molar-refractivity contribution in [3.8, 4) is 34.1 Å². The van der Waals surface area contributed by atoms with Crippen molar-refractivity contribution in [2.24, 2.45) is 0 Å². The Morgan fingerprint density at radius 3 is 1.25 bits per heavy atom. The molecule has 0 saturated heterocycles. The molecule has 0 aliphatic heterocycles. The molecule has 0 aliphatic carbocycles. The quantitative estimate of drug-likeness (QED) is 0.110. The Balaban J connectivity index is 2.23. The van der Waals surface area contributed by atoms with Gasteiger partial charge in [0, 0.05) is 16.5 Å². The molecule has 2 heteroatoms. The summed E-state index contributed by atoms with van der Waals surface area (Å²) < 4.78 is 0. The monoisotopic (exact) mass is 614 g/mol. The fraction of sp³-hybridized carbons (Fsp3) is 0.429. The fourth-order valence-electron chi connectivity index (χ4n) is 8.56. The van der Waals surface area contributed by atoms with E-state index in [9.17, 15) is 0 Å². The first kappa shape index (κ1) is 33.8. The second kappa shape index (κ2) is 13.5. The lowest BCUT2D eigenvalue weighted by Gasteiger charge is -2.38. The molecule has 0 fully saturated rings. The zero-order valence-corrected chi connectivity index (χ0v) is 31.4. The summed E-state index contributed by atoms with van der Waals surface area (Å²) in [7, 11) is -3.89. The topological polar surface area (TPSA) is 0 Å². The van der Waals surface area contributed by atoms with Crippen LogP contribution in [0.25, 0.3) is 32.7 Å². The zero-order valence-electron chi connectivity index (χ0n) is 29.4. The van der Waals surface area contributed by atoms with Crippen LogP contribution in [0.4, 0.5) is 0 Å². The molecule has 0 unspecified atom stereocenters. The Hall–Kier alpha value is -3.05. The highest BCUT2D eigenvalue weighted by Gasteiger charge is 2.42. The van der Waals surface area contributed by atoms with Crippen molar-refractivity contribution in [1.82, 2.24) is 0 Å². The molecule has 0 radical (unpaired) electrons. The maximum Gasteiger partial charge on any atom is 0.146 e. The van der Waals surface area contributed by atoms with Crippen LogP contribution in [-0.4, -0.2) is 16.1 Å². The first-order chi connectivity index (χ1) is 20.8. The minimum atomic E-state index is -1.96. The van der Waals surface area contributed by atoms with Gasteiger partial charge in [-0.05, 0) is 60.5 Å². The molecule has 0 aliphatic rings. The summed E-state index contributed by atoms with van der Waals surface area (Å²) >= 11 is 0. The number of rotatable bonds is 7. The van der Waals surface area contributed by atoms with E-state index in [2.05, 4.69) is 179 Å². The summed E-state index contributed by atoms with van der Waals surface area (Å²) in [6, 6.07) is 26.6. The number of hydrogen-bond acceptors (Lipinski definition) is 0. The summed E-state index contributed by atoms with van der Waals surface area (Å²) in [5.74, 6) is 7.87. The SMILES string of the molecule is CC(C)[Si](C#Cc1c2ccccc2c(C#C[Si](C(C)C)(C(C)C)C(C)C)c2c(-c3ccccc3)cccc12)(C(C)C)C(C)C. The number of hydrogen-bond donors (Lipinski definition) is 0. The molecule has 0 N–H and O–H groups in total. The predicted octanol–water partition coefficient (Wildman–Crippen LogP) is 12.8. The van der Waals surface area contributed by atoms with Gasteiger partial charge in [-0.3, -0.25) is 0 Å². The average Bonchev–Trinajstić information content (AvgIpc) is 2.97. The van der Waals surface area contributed by atoms with E-state index >= 15 is 0 Å². The van der Waals surface area contributed by atoms with Crippen LogP contribution in [-0.2, 0) is 0 Å². The average molecular weight is 615 g/mol. The van der Waals surface area contributed by atoms with Gasteiger partial charge in [-0.15, -0.1) is 11.1 Å². The summed E-state index contributed by atoms with van der Waals surface area (Å²) in [4.78, 5) is 0. The third-order valence-electron chi connectivity index (χ3n) is 10.7. The first-order valence-electron chi connectivity index (χ1n) is 16.9. The minimum absolute atomic E-state index is 0.576. The lowest BCUT2D eigenvalue weighted by Crippen LogP contribution is -2.43. The highest BCUT2D eigenvalue weighted by molar-refractivity contribution is 6.91. The highest BCUT2D eigenvalue weighted by Crippen LogP contribution is 2.44. The second-order valence-electron chi connectivity index (χ2n) is 14.7. The van der Waals surface area contributed by atoms with Gasteiger partial charge in [0.15, 0.2) is 0 Å². The van der Waals surface area contributed by atoms with Gasteiger partial charge >= 0.3 is 0 Å². The van der Waals surface area contributed by atoms with Gasteiger partial charge in [0.1, 0.15) is 16.1 Å². The van der Waals surface area contributed by atoms with Crippen LogP contribution in [0.15, 0.2) is 72.8 Å². The van der Waals surface area contributed by atoms with Gasteiger partial charge in [0.25, 0.3) is 0 Å². The van der Waals surface area contributed by atoms with Crippen LogP contribution in [0.3, 0.4) is 0 Å². The van der Waals surface area contributed by atoms with E-state index in [0.29, 0.717) is 33.2 Å². The van der Waals surface area contributed by atoms with Gasteiger partial charge in [0.2, 0.25) is 0 Å². The Kier molecular flexibility index (Phi) is 10.4. The van der Waals surface area contributed by atoms with Gasteiger partial charge in [-0.1, -0.05) is 168 Å². The fourth-order valence-corrected chi connectivity index (χ4v) is 19.0. The summed E-state index contributed by atoms with van der Waals surface area (Å²) in [5, 5.41) is 4.93. The van der Waals surface area contributed by atoms with Gasteiger partial charge in [0.05, 0.1) is 0 Å². The number of benzene rings is 4. The van der Waals surface area contributed by atoms with Crippen LogP contribution in [0, 0.1) is 22.9 Å². The van der Waals surface area contributed by atoms with Crippen molar-refractivity contribution in [3.63, 3.8) is 0 Å². The van der Waals surface area contributed by atoms with Crippen molar-refractivity contribution < 1.29 is 0 Å². The molecule has 4 aromatic rings. The molecular formula is C42H54Si2. The van der Waals surface area contributed by atoms with Crippen molar-refractivity contribution in [1.29, 1.82) is 0 Å². The molecule has 0 saturated carbocycles. The van der Waals surface area contributed by atoms with E-state index < -0.39 is 16.1 Å². The molecule has 0 spiro atoms. The van der Waals surface area contributed by atoms with Gasteiger partial charge < -0.3 is 0 Å². The van der Waals surface area contributed by atoms with Crippen LogP contribution in [0.5, 0.6) is 0 Å². The van der Waals surface area contributed by atoms with E-state index in [1.807, 2.05) is 0 Å². The van der Waals surface area contributed by atoms with Gasteiger partial charge in [-0.25, -0.2) is 0 Å². The van der Waals surface area contributed by atoms with E-state index in [4.69, 9.17) is 0 Å². The Morgan fingerprint density at radius 1 is 0.409 bits per heavy atom. The molecule has 230 valence electrons. The number of fused-ring (bicyclic) bond motifs is 2. The Morgan fingerprint density at radius 2 is 0.795 bits per heavy atom. The Bertz CT molecular complexity index is 1690. The molecule has 0 amide bonds. The van der Waals surface area contributed by atoms with E-state index in [0.717, 1.165) is 5.56 Å². The highest BCUT2D eigenvalue weighted by atomic mass is 28.3. The van der Waals surface area contributed by atoms with Crippen LogP contribution < -0.4 is 0 Å². The standard InChI is InChI=1S/C42H54Si2/c1-29(2)43(30(3)4,31(5)6)27-25-39-37-21-16-17-22-38(37)41(26-28-44(32(7)8,33(9)10)34(11)12)42-36(23-18-24-40(39)42)35-19-14-13-15-20-35/h13-24,29-34H,1-12H3. The second-order valence-corrected chi connectivity index (χ2v) is 25.8. The van der Waals surface area contributed by atoms with Crippen molar-refractivity contribution in [2.75, 3.05) is 0 Å². The molecule has 4 aromatic carbocycles.